The summed E-state index contributed by atoms with van der Waals surface area (Å²) in [6.07, 6.45) is 4.61. The molecule has 0 unspecified atom stereocenters. The van der Waals surface area contributed by atoms with Gasteiger partial charge in [-0.2, -0.15) is 8.42 Å². The van der Waals surface area contributed by atoms with E-state index >= 15 is 0 Å². The molecule has 27 heavy (non-hydrogen) atoms. The van der Waals surface area contributed by atoms with Crippen molar-refractivity contribution in [2.24, 2.45) is 7.05 Å². The van der Waals surface area contributed by atoms with Crippen LogP contribution >= 0.6 is 0 Å². The van der Waals surface area contributed by atoms with Crippen molar-refractivity contribution >= 4 is 31.4 Å². The quantitative estimate of drug-likeness (QED) is 0.603. The van der Waals surface area contributed by atoms with Gasteiger partial charge >= 0.3 is 0 Å². The fourth-order valence-electron chi connectivity index (χ4n) is 2.26. The zero-order valence-electron chi connectivity index (χ0n) is 15.8. The first kappa shape index (κ1) is 21.2. The van der Waals surface area contributed by atoms with Crippen LogP contribution in [-0.2, 0) is 27.1 Å². The molecule has 0 saturated carbocycles. The number of unbranched alkanes of at least 4 members (excludes halogenated alkanes) is 1. The molecule has 0 aliphatic heterocycles. The van der Waals surface area contributed by atoms with Gasteiger partial charge in [0.15, 0.2) is 5.03 Å². The number of imidazole rings is 1. The van der Waals surface area contributed by atoms with Crippen LogP contribution < -0.4 is 10.0 Å². The lowest BCUT2D eigenvalue weighted by atomic mass is 10.2. The van der Waals surface area contributed by atoms with Crippen molar-refractivity contribution in [1.82, 2.24) is 13.9 Å². The van der Waals surface area contributed by atoms with Crippen LogP contribution in [0, 0.1) is 0 Å². The lowest BCUT2D eigenvalue weighted by Gasteiger charge is -2.17. The fourth-order valence-corrected chi connectivity index (χ4v) is 4.24. The first-order valence-corrected chi connectivity index (χ1v) is 11.3. The van der Waals surface area contributed by atoms with Gasteiger partial charge in [-0.05, 0) is 24.6 Å². The highest BCUT2D eigenvalue weighted by Crippen LogP contribution is 2.28. The van der Waals surface area contributed by atoms with Crippen LogP contribution in [0.3, 0.4) is 0 Å². The summed E-state index contributed by atoms with van der Waals surface area (Å²) in [7, 11) is -3.17. The molecule has 0 atom stereocenters. The second kappa shape index (κ2) is 8.28. The minimum Gasteiger partial charge on any atom is -0.383 e. The van der Waals surface area contributed by atoms with Gasteiger partial charge in [-0.15, -0.1) is 0 Å². The molecule has 0 fully saturated rings. The molecule has 1 aromatic heterocycles. The van der Waals surface area contributed by atoms with E-state index in [-0.39, 0.29) is 15.6 Å². The van der Waals surface area contributed by atoms with Crippen molar-refractivity contribution in [3.05, 3.63) is 30.7 Å². The maximum Gasteiger partial charge on any atom is 0.281 e. The first-order valence-electron chi connectivity index (χ1n) is 8.39. The number of sulfonamides is 2. The van der Waals surface area contributed by atoms with Crippen molar-refractivity contribution in [2.45, 2.75) is 29.7 Å². The Bertz CT molecular complexity index is 998. The van der Waals surface area contributed by atoms with Crippen LogP contribution in [0.1, 0.15) is 19.8 Å². The van der Waals surface area contributed by atoms with Crippen LogP contribution in [0.25, 0.3) is 0 Å². The minimum atomic E-state index is -3.96. The fraction of sp³-hybridized carbons (Fsp3) is 0.438. The molecule has 2 N–H and O–H groups in total. The lowest BCUT2D eigenvalue weighted by Crippen LogP contribution is -2.23. The number of aryl methyl sites for hydroxylation is 1. The minimum absolute atomic E-state index is 0.00716. The lowest BCUT2D eigenvalue weighted by molar-refractivity contribution is 0.521. The standard InChI is InChI=1S/C16H25N5O4S2/c1-5-6-9-17-14-8-7-13(27(24,25)20(2)3)10-15(14)19-26(22,23)16-11-21(4)12-18-16/h7-8,10-12,17,19H,5-6,9H2,1-4H3. The molecule has 2 rings (SSSR count). The predicted molar refractivity (Wildman–Crippen MR) is 105 cm³/mol. The predicted octanol–water partition coefficient (Wildman–Crippen LogP) is 1.68. The number of hydrogen-bond donors (Lipinski definition) is 2. The monoisotopic (exact) mass is 415 g/mol. The molecule has 150 valence electrons. The molecular formula is C16H25N5O4S2. The van der Waals surface area contributed by atoms with Crippen LogP contribution in [0.2, 0.25) is 0 Å². The number of nitrogens with one attached hydrogen (secondary N) is 2. The number of hydrogen-bond acceptors (Lipinski definition) is 6. The van der Waals surface area contributed by atoms with Crippen LogP contribution in [0.4, 0.5) is 11.4 Å². The summed E-state index contributed by atoms with van der Waals surface area (Å²) in [5, 5.41) is 2.99. The highest BCUT2D eigenvalue weighted by Gasteiger charge is 2.22. The summed E-state index contributed by atoms with van der Waals surface area (Å²) < 4.78 is 55.1. The van der Waals surface area contributed by atoms with E-state index in [4.69, 9.17) is 0 Å². The SMILES string of the molecule is CCCCNc1ccc(S(=O)(=O)N(C)C)cc1NS(=O)(=O)c1cn(C)cn1. The van der Waals surface area contributed by atoms with E-state index in [2.05, 4.69) is 15.0 Å². The van der Waals surface area contributed by atoms with Gasteiger partial charge in [0, 0.05) is 33.9 Å². The summed E-state index contributed by atoms with van der Waals surface area (Å²) in [5.74, 6) is 0. The third-order valence-corrected chi connectivity index (χ3v) is 6.88. The Morgan fingerprint density at radius 3 is 2.41 bits per heavy atom. The Labute approximate surface area is 160 Å². The molecule has 0 spiro atoms. The Hall–Kier alpha value is -2.11. The van der Waals surface area contributed by atoms with Crippen molar-refractivity contribution in [3.8, 4) is 0 Å². The van der Waals surface area contributed by atoms with E-state index in [1.165, 1.54) is 43.3 Å². The number of rotatable bonds is 9. The molecule has 2 aromatic rings. The van der Waals surface area contributed by atoms with Gasteiger partial charge in [-0.3, -0.25) is 4.72 Å². The van der Waals surface area contributed by atoms with Gasteiger partial charge < -0.3 is 9.88 Å². The first-order chi connectivity index (χ1) is 12.6. The van der Waals surface area contributed by atoms with Crippen molar-refractivity contribution in [3.63, 3.8) is 0 Å². The maximum absolute atomic E-state index is 12.6. The summed E-state index contributed by atoms with van der Waals surface area (Å²) in [4.78, 5) is 3.85. The Morgan fingerprint density at radius 1 is 1.15 bits per heavy atom. The van der Waals surface area contributed by atoms with Crippen LogP contribution in [0.15, 0.2) is 40.6 Å². The van der Waals surface area contributed by atoms with E-state index < -0.39 is 20.0 Å². The largest absolute Gasteiger partial charge is 0.383 e. The van der Waals surface area contributed by atoms with Gasteiger partial charge in [-0.25, -0.2) is 17.7 Å². The van der Waals surface area contributed by atoms with Gasteiger partial charge in [0.1, 0.15) is 0 Å². The Morgan fingerprint density at radius 2 is 1.85 bits per heavy atom. The van der Waals surface area contributed by atoms with Gasteiger partial charge in [0.25, 0.3) is 10.0 Å². The molecule has 0 amide bonds. The van der Waals surface area contributed by atoms with E-state index in [9.17, 15) is 16.8 Å². The van der Waals surface area contributed by atoms with Gasteiger partial charge in [0.05, 0.1) is 22.6 Å². The van der Waals surface area contributed by atoms with Crippen LogP contribution in [0.5, 0.6) is 0 Å². The van der Waals surface area contributed by atoms with Gasteiger partial charge in [-0.1, -0.05) is 13.3 Å². The topological polar surface area (TPSA) is 113 Å². The molecule has 9 nitrogen and oxygen atoms in total. The number of benzene rings is 1. The average molecular weight is 416 g/mol. The summed E-state index contributed by atoms with van der Waals surface area (Å²) in [6.45, 7) is 2.67. The number of anilines is 2. The Kier molecular flexibility index (Phi) is 6.50. The van der Waals surface area contributed by atoms with Crippen molar-refractivity contribution in [2.75, 3.05) is 30.7 Å². The maximum atomic E-state index is 12.6. The third-order valence-electron chi connectivity index (χ3n) is 3.82. The van der Waals surface area contributed by atoms with Crippen molar-refractivity contribution < 1.29 is 16.8 Å². The summed E-state index contributed by atoms with van der Waals surface area (Å²) in [6, 6.07) is 4.31. The van der Waals surface area contributed by atoms with E-state index in [1.807, 2.05) is 6.92 Å². The highest BCUT2D eigenvalue weighted by molar-refractivity contribution is 7.92. The third kappa shape index (κ3) is 4.99. The van der Waals surface area contributed by atoms with Crippen LogP contribution in [-0.4, -0.2) is 51.3 Å². The van der Waals surface area contributed by atoms with Gasteiger partial charge in [0.2, 0.25) is 10.0 Å². The molecule has 1 heterocycles. The zero-order valence-corrected chi connectivity index (χ0v) is 17.4. The normalized spacial score (nSPS) is 12.3. The second-order valence-electron chi connectivity index (χ2n) is 6.26. The van der Waals surface area contributed by atoms with Crippen molar-refractivity contribution in [1.29, 1.82) is 0 Å². The number of nitrogens with zero attached hydrogens (tertiary/aromatic N) is 3. The number of aromatic nitrogens is 2. The van der Waals surface area contributed by atoms with E-state index in [0.29, 0.717) is 12.2 Å². The highest BCUT2D eigenvalue weighted by atomic mass is 32.2. The molecular weight excluding hydrogens is 390 g/mol. The molecule has 0 aliphatic carbocycles. The molecule has 0 saturated heterocycles. The molecule has 0 radical (unpaired) electrons. The molecule has 0 aliphatic rings. The Balaban J connectivity index is 2.46. The molecule has 1 aromatic carbocycles. The molecule has 0 bridgehead atoms. The van der Waals surface area contributed by atoms with E-state index in [1.54, 1.807) is 13.1 Å². The second-order valence-corrected chi connectivity index (χ2v) is 10.0. The molecule has 11 heteroatoms. The average Bonchev–Trinajstić information content (AvgIpc) is 3.03. The summed E-state index contributed by atoms with van der Waals surface area (Å²) in [5.41, 5.74) is 0.653. The smallest absolute Gasteiger partial charge is 0.281 e. The summed E-state index contributed by atoms with van der Waals surface area (Å²) >= 11 is 0. The zero-order chi connectivity index (χ0) is 20.2. The van der Waals surface area contributed by atoms with E-state index in [0.717, 1.165) is 17.1 Å².